The number of hydrogen-bond donors (Lipinski definition) is 0. The molecular weight excluding hydrogens is 238 g/mol. The zero-order valence-corrected chi connectivity index (χ0v) is 10.1. The second-order valence-electron chi connectivity index (χ2n) is 3.69. The van der Waals surface area contributed by atoms with E-state index in [1.165, 1.54) is 11.3 Å². The molecule has 0 aliphatic heterocycles. The average molecular weight is 247 g/mol. The number of carbonyl (C=O) groups excluding carboxylic acids is 1. The third-order valence-corrected chi connectivity index (χ3v) is 3.37. The molecule has 0 bridgehead atoms. The Bertz CT molecular complexity index is 708. The van der Waals surface area contributed by atoms with Crippen molar-refractivity contribution in [1.29, 1.82) is 0 Å². The molecule has 0 fully saturated rings. The summed E-state index contributed by atoms with van der Waals surface area (Å²) in [5, 5.41) is 1.92. The average Bonchev–Trinajstić information content (AvgIpc) is 2.92. The van der Waals surface area contributed by atoms with Crippen molar-refractivity contribution in [2.24, 2.45) is 0 Å². The van der Waals surface area contributed by atoms with Gasteiger partial charge < -0.3 is 4.42 Å². The summed E-state index contributed by atoms with van der Waals surface area (Å²) in [6.45, 7) is 3.68. The topological polar surface area (TPSA) is 60.4 Å². The molecule has 0 saturated carbocycles. The Hall–Kier alpha value is -1.95. The third-order valence-electron chi connectivity index (χ3n) is 2.53. The Morgan fingerprint density at radius 2 is 2.29 bits per heavy atom. The molecule has 3 heterocycles. The summed E-state index contributed by atoms with van der Waals surface area (Å²) in [6, 6.07) is 0. The van der Waals surface area contributed by atoms with E-state index in [4.69, 9.17) is 4.42 Å². The monoisotopic (exact) mass is 247 g/mol. The summed E-state index contributed by atoms with van der Waals surface area (Å²) in [4.78, 5) is 20.1. The van der Waals surface area contributed by atoms with Gasteiger partial charge in [-0.15, -0.1) is 11.3 Å². The van der Waals surface area contributed by atoms with Crippen LogP contribution < -0.4 is 0 Å². The first kappa shape index (κ1) is 10.2. The van der Waals surface area contributed by atoms with Gasteiger partial charge in [0.15, 0.2) is 22.9 Å². The number of nitrogens with zero attached hydrogens (tertiary/aromatic N) is 3. The van der Waals surface area contributed by atoms with Crippen molar-refractivity contribution in [2.75, 3.05) is 0 Å². The second kappa shape index (κ2) is 3.53. The third kappa shape index (κ3) is 1.41. The van der Waals surface area contributed by atoms with Gasteiger partial charge in [-0.3, -0.25) is 9.20 Å². The number of aryl methyl sites for hydroxylation is 2. The summed E-state index contributed by atoms with van der Waals surface area (Å²) in [7, 11) is 0. The van der Waals surface area contributed by atoms with E-state index < -0.39 is 0 Å². The standard InChI is InChI=1S/C11H9N3O2S/c1-6-10(16-7(2)13-6)9-5-17-11-12-3-8(4-15)14(9)11/h3-5H,1-2H3. The van der Waals surface area contributed by atoms with E-state index >= 15 is 0 Å². The Balaban J connectivity index is 2.33. The van der Waals surface area contributed by atoms with Gasteiger partial charge in [0.05, 0.1) is 11.9 Å². The molecule has 0 aliphatic carbocycles. The SMILES string of the molecule is Cc1nc(C)c(-c2csc3ncc(C=O)n23)o1. The zero-order valence-electron chi connectivity index (χ0n) is 9.30. The highest BCUT2D eigenvalue weighted by Crippen LogP contribution is 2.29. The number of aldehydes is 1. The Kier molecular flexibility index (Phi) is 2.12. The van der Waals surface area contributed by atoms with Crippen LogP contribution in [-0.4, -0.2) is 20.7 Å². The molecule has 0 N–H and O–H groups in total. The van der Waals surface area contributed by atoms with Crippen molar-refractivity contribution in [2.45, 2.75) is 13.8 Å². The molecule has 6 heteroatoms. The normalized spacial score (nSPS) is 11.2. The molecule has 5 nitrogen and oxygen atoms in total. The van der Waals surface area contributed by atoms with Gasteiger partial charge in [-0.2, -0.15) is 0 Å². The summed E-state index contributed by atoms with van der Waals surface area (Å²) < 4.78 is 7.35. The lowest BCUT2D eigenvalue weighted by Gasteiger charge is -1.96. The maximum atomic E-state index is 11.0. The van der Waals surface area contributed by atoms with Crippen LogP contribution in [-0.2, 0) is 0 Å². The van der Waals surface area contributed by atoms with Gasteiger partial charge >= 0.3 is 0 Å². The van der Waals surface area contributed by atoms with Crippen molar-refractivity contribution in [1.82, 2.24) is 14.4 Å². The van der Waals surface area contributed by atoms with Crippen molar-refractivity contribution in [3.63, 3.8) is 0 Å². The molecule has 0 spiro atoms. The first-order valence-corrected chi connectivity index (χ1v) is 5.93. The molecule has 17 heavy (non-hydrogen) atoms. The van der Waals surface area contributed by atoms with Crippen LogP contribution in [0.1, 0.15) is 22.1 Å². The highest BCUT2D eigenvalue weighted by atomic mass is 32.1. The molecule has 86 valence electrons. The van der Waals surface area contributed by atoms with Gasteiger partial charge in [-0.1, -0.05) is 0 Å². The minimum atomic E-state index is 0.518. The minimum Gasteiger partial charge on any atom is -0.439 e. The number of thiazole rings is 1. The second-order valence-corrected chi connectivity index (χ2v) is 4.52. The van der Waals surface area contributed by atoms with Crippen LogP contribution in [0.3, 0.4) is 0 Å². The smallest absolute Gasteiger partial charge is 0.194 e. The van der Waals surface area contributed by atoms with Crippen molar-refractivity contribution in [3.05, 3.63) is 28.9 Å². The predicted octanol–water partition coefficient (Wildman–Crippen LogP) is 2.48. The molecule has 0 aliphatic rings. The van der Waals surface area contributed by atoms with Crippen LogP contribution in [0.4, 0.5) is 0 Å². The molecule has 0 saturated heterocycles. The molecule has 0 unspecified atom stereocenters. The molecule has 0 aromatic carbocycles. The fourth-order valence-corrected chi connectivity index (χ4v) is 2.69. The van der Waals surface area contributed by atoms with Crippen LogP contribution in [0.5, 0.6) is 0 Å². The molecule has 3 aromatic rings. The van der Waals surface area contributed by atoms with E-state index in [0.717, 1.165) is 22.6 Å². The van der Waals surface area contributed by atoms with Crippen LogP contribution in [0.2, 0.25) is 0 Å². The fourth-order valence-electron chi connectivity index (χ4n) is 1.84. The summed E-state index contributed by atoms with van der Waals surface area (Å²) in [5.74, 6) is 1.31. The van der Waals surface area contributed by atoms with Crippen LogP contribution in [0, 0.1) is 13.8 Å². The van der Waals surface area contributed by atoms with Gasteiger partial charge in [-0.25, -0.2) is 9.97 Å². The first-order chi connectivity index (χ1) is 8.20. The Morgan fingerprint density at radius 1 is 1.47 bits per heavy atom. The minimum absolute atomic E-state index is 0.518. The van der Waals surface area contributed by atoms with Crippen LogP contribution >= 0.6 is 11.3 Å². The van der Waals surface area contributed by atoms with Gasteiger partial charge in [0.2, 0.25) is 0 Å². The van der Waals surface area contributed by atoms with Crippen molar-refractivity contribution in [3.8, 4) is 11.5 Å². The van der Waals surface area contributed by atoms with E-state index in [2.05, 4.69) is 9.97 Å². The maximum absolute atomic E-state index is 11.0. The number of rotatable bonds is 2. The molecule has 3 rings (SSSR count). The number of aromatic nitrogens is 3. The summed E-state index contributed by atoms with van der Waals surface area (Å²) in [6.07, 6.45) is 2.34. The molecule has 0 amide bonds. The van der Waals surface area contributed by atoms with E-state index in [1.807, 2.05) is 12.3 Å². The fraction of sp³-hybridized carbons (Fsp3) is 0.182. The van der Waals surface area contributed by atoms with Gasteiger partial charge in [0.25, 0.3) is 0 Å². The summed E-state index contributed by atoms with van der Waals surface area (Å²) in [5.41, 5.74) is 2.15. The van der Waals surface area contributed by atoms with Crippen LogP contribution in [0.25, 0.3) is 16.4 Å². The number of imidazole rings is 1. The first-order valence-electron chi connectivity index (χ1n) is 5.05. The quantitative estimate of drug-likeness (QED) is 0.653. The molecular formula is C11H9N3O2S. The summed E-state index contributed by atoms with van der Waals surface area (Å²) >= 11 is 1.47. The van der Waals surface area contributed by atoms with Gasteiger partial charge in [0, 0.05) is 12.3 Å². The van der Waals surface area contributed by atoms with Crippen LogP contribution in [0.15, 0.2) is 16.0 Å². The Labute approximate surface area is 101 Å². The Morgan fingerprint density at radius 3 is 2.94 bits per heavy atom. The highest BCUT2D eigenvalue weighted by Gasteiger charge is 2.17. The largest absolute Gasteiger partial charge is 0.439 e. The van der Waals surface area contributed by atoms with E-state index in [9.17, 15) is 4.79 Å². The van der Waals surface area contributed by atoms with Gasteiger partial charge in [0.1, 0.15) is 11.4 Å². The molecule has 3 aromatic heterocycles. The molecule has 0 radical (unpaired) electrons. The highest BCUT2D eigenvalue weighted by molar-refractivity contribution is 7.15. The molecule has 0 atom stereocenters. The maximum Gasteiger partial charge on any atom is 0.194 e. The lowest BCUT2D eigenvalue weighted by atomic mass is 10.3. The number of fused-ring (bicyclic) bond motifs is 1. The van der Waals surface area contributed by atoms with Gasteiger partial charge in [-0.05, 0) is 6.92 Å². The number of hydrogen-bond acceptors (Lipinski definition) is 5. The predicted molar refractivity (Wildman–Crippen MR) is 63.4 cm³/mol. The lowest BCUT2D eigenvalue weighted by Crippen LogP contribution is -1.91. The van der Waals surface area contributed by atoms with E-state index in [1.54, 1.807) is 17.5 Å². The lowest BCUT2D eigenvalue weighted by molar-refractivity contribution is 0.111. The van der Waals surface area contributed by atoms with E-state index in [0.29, 0.717) is 17.3 Å². The van der Waals surface area contributed by atoms with E-state index in [-0.39, 0.29) is 0 Å². The van der Waals surface area contributed by atoms with Crippen molar-refractivity contribution >= 4 is 22.6 Å². The number of carbonyl (C=O) groups is 1. The number of oxazole rings is 1. The zero-order chi connectivity index (χ0) is 12.0. The van der Waals surface area contributed by atoms with Crippen molar-refractivity contribution < 1.29 is 9.21 Å².